The van der Waals surface area contributed by atoms with Crippen LogP contribution in [-0.4, -0.2) is 28.7 Å². The molecule has 16 heavy (non-hydrogen) atoms. The van der Waals surface area contributed by atoms with Crippen LogP contribution >= 0.6 is 0 Å². The Morgan fingerprint density at radius 2 is 2.25 bits per heavy atom. The first-order chi connectivity index (χ1) is 7.74. The second-order valence-corrected chi connectivity index (χ2v) is 4.53. The molecule has 1 fully saturated rings. The van der Waals surface area contributed by atoms with E-state index in [9.17, 15) is 0 Å². The van der Waals surface area contributed by atoms with Crippen LogP contribution in [0.3, 0.4) is 0 Å². The van der Waals surface area contributed by atoms with E-state index in [1.807, 2.05) is 19.3 Å². The van der Waals surface area contributed by atoms with Crippen molar-refractivity contribution in [1.29, 1.82) is 0 Å². The number of nitrogens with zero attached hydrogens (tertiary/aromatic N) is 2. The molecular formula is C12H19N3O. The van der Waals surface area contributed by atoms with Crippen LogP contribution < -0.4 is 5.73 Å². The van der Waals surface area contributed by atoms with Gasteiger partial charge in [0.2, 0.25) is 0 Å². The van der Waals surface area contributed by atoms with E-state index in [1.54, 1.807) is 0 Å². The third kappa shape index (κ3) is 3.25. The fourth-order valence-corrected chi connectivity index (χ4v) is 1.97. The number of ether oxygens (including phenoxy) is 1. The maximum atomic E-state index is 5.72. The number of rotatable bonds is 4. The lowest BCUT2D eigenvalue weighted by atomic mass is 10.1. The van der Waals surface area contributed by atoms with Crippen molar-refractivity contribution in [2.45, 2.75) is 44.8 Å². The molecule has 1 aromatic heterocycles. The van der Waals surface area contributed by atoms with Crippen LogP contribution in [0.25, 0.3) is 0 Å². The summed E-state index contributed by atoms with van der Waals surface area (Å²) in [5.74, 6) is 0.875. The SMILES string of the molecule is CC(N)Cc1cnc(CC2CCCO2)nc1. The summed E-state index contributed by atoms with van der Waals surface area (Å²) < 4.78 is 5.55. The van der Waals surface area contributed by atoms with Gasteiger partial charge in [-0.05, 0) is 31.7 Å². The normalized spacial score (nSPS) is 22.2. The second kappa shape index (κ2) is 5.37. The molecule has 0 aromatic carbocycles. The van der Waals surface area contributed by atoms with E-state index in [0.717, 1.165) is 43.7 Å². The highest BCUT2D eigenvalue weighted by molar-refractivity contribution is 5.07. The van der Waals surface area contributed by atoms with E-state index in [2.05, 4.69) is 9.97 Å². The Balaban J connectivity index is 1.90. The van der Waals surface area contributed by atoms with Crippen molar-refractivity contribution in [2.24, 2.45) is 5.73 Å². The van der Waals surface area contributed by atoms with Gasteiger partial charge in [-0.1, -0.05) is 0 Å². The Kier molecular flexibility index (Phi) is 3.85. The minimum Gasteiger partial charge on any atom is -0.378 e. The summed E-state index contributed by atoms with van der Waals surface area (Å²) in [6.45, 7) is 2.87. The Labute approximate surface area is 96.2 Å². The molecule has 4 nitrogen and oxygen atoms in total. The van der Waals surface area contributed by atoms with Crippen molar-refractivity contribution >= 4 is 0 Å². The Morgan fingerprint density at radius 3 is 2.81 bits per heavy atom. The molecule has 2 atom stereocenters. The number of nitrogens with two attached hydrogens (primary N) is 1. The van der Waals surface area contributed by atoms with Gasteiger partial charge in [0.1, 0.15) is 5.82 Å². The number of hydrogen-bond acceptors (Lipinski definition) is 4. The van der Waals surface area contributed by atoms with Crippen LogP contribution in [0.15, 0.2) is 12.4 Å². The van der Waals surface area contributed by atoms with E-state index in [-0.39, 0.29) is 6.04 Å². The zero-order valence-corrected chi connectivity index (χ0v) is 9.72. The van der Waals surface area contributed by atoms with Crippen LogP contribution in [0, 0.1) is 0 Å². The minimum atomic E-state index is 0.160. The van der Waals surface area contributed by atoms with Crippen molar-refractivity contribution in [3.63, 3.8) is 0 Å². The molecule has 2 N–H and O–H groups in total. The molecule has 1 aliphatic heterocycles. The fraction of sp³-hybridized carbons (Fsp3) is 0.667. The molecule has 0 spiro atoms. The third-order valence-electron chi connectivity index (χ3n) is 2.75. The van der Waals surface area contributed by atoms with Crippen molar-refractivity contribution < 1.29 is 4.74 Å². The summed E-state index contributed by atoms with van der Waals surface area (Å²) in [4.78, 5) is 8.70. The van der Waals surface area contributed by atoms with E-state index in [4.69, 9.17) is 10.5 Å². The van der Waals surface area contributed by atoms with Gasteiger partial charge < -0.3 is 10.5 Å². The van der Waals surface area contributed by atoms with Gasteiger partial charge in [0.15, 0.2) is 0 Å². The van der Waals surface area contributed by atoms with Gasteiger partial charge >= 0.3 is 0 Å². The van der Waals surface area contributed by atoms with E-state index < -0.39 is 0 Å². The van der Waals surface area contributed by atoms with Gasteiger partial charge in [0.25, 0.3) is 0 Å². The highest BCUT2D eigenvalue weighted by atomic mass is 16.5. The molecule has 0 aliphatic carbocycles. The average Bonchev–Trinajstić information content (AvgIpc) is 2.73. The van der Waals surface area contributed by atoms with Crippen LogP contribution in [0.1, 0.15) is 31.2 Å². The highest BCUT2D eigenvalue weighted by Gasteiger charge is 2.17. The predicted octanol–water partition coefficient (Wildman–Crippen LogP) is 1.09. The molecule has 1 aromatic rings. The molecule has 1 saturated heterocycles. The summed E-state index contributed by atoms with van der Waals surface area (Å²) in [6, 6.07) is 0.160. The third-order valence-corrected chi connectivity index (χ3v) is 2.75. The largest absolute Gasteiger partial charge is 0.378 e. The predicted molar refractivity (Wildman–Crippen MR) is 62.1 cm³/mol. The Hall–Kier alpha value is -1.00. The molecule has 2 heterocycles. The lowest BCUT2D eigenvalue weighted by molar-refractivity contribution is 0.110. The molecule has 2 unspecified atom stereocenters. The molecule has 4 heteroatoms. The zero-order valence-electron chi connectivity index (χ0n) is 9.72. The summed E-state index contributed by atoms with van der Waals surface area (Å²) in [7, 11) is 0. The molecule has 88 valence electrons. The van der Waals surface area contributed by atoms with Crippen molar-refractivity contribution in [1.82, 2.24) is 9.97 Å². The first-order valence-electron chi connectivity index (χ1n) is 5.91. The van der Waals surface area contributed by atoms with Crippen LogP contribution in [0.5, 0.6) is 0 Å². The highest BCUT2D eigenvalue weighted by Crippen LogP contribution is 2.15. The van der Waals surface area contributed by atoms with Crippen molar-refractivity contribution in [3.8, 4) is 0 Å². The quantitative estimate of drug-likeness (QED) is 0.826. The lowest BCUT2D eigenvalue weighted by Crippen LogP contribution is -2.18. The van der Waals surface area contributed by atoms with Crippen molar-refractivity contribution in [2.75, 3.05) is 6.61 Å². The molecule has 0 radical (unpaired) electrons. The fourth-order valence-electron chi connectivity index (χ4n) is 1.97. The average molecular weight is 221 g/mol. The van der Waals surface area contributed by atoms with Crippen molar-refractivity contribution in [3.05, 3.63) is 23.8 Å². The standard InChI is InChI=1S/C12H19N3O/c1-9(13)5-10-7-14-12(15-8-10)6-11-3-2-4-16-11/h7-9,11H,2-6,13H2,1H3. The monoisotopic (exact) mass is 221 g/mol. The minimum absolute atomic E-state index is 0.160. The van der Waals surface area contributed by atoms with Gasteiger partial charge in [-0.3, -0.25) is 0 Å². The molecule has 0 bridgehead atoms. The van der Waals surface area contributed by atoms with Crippen LogP contribution in [0.2, 0.25) is 0 Å². The molecule has 0 saturated carbocycles. The van der Waals surface area contributed by atoms with Gasteiger partial charge in [-0.15, -0.1) is 0 Å². The Bertz CT molecular complexity index is 318. The summed E-state index contributed by atoms with van der Waals surface area (Å²) in [5.41, 5.74) is 6.82. The van der Waals surface area contributed by atoms with Gasteiger partial charge in [0, 0.05) is 31.5 Å². The Morgan fingerprint density at radius 1 is 1.50 bits per heavy atom. The van der Waals surface area contributed by atoms with Gasteiger partial charge in [0.05, 0.1) is 6.10 Å². The summed E-state index contributed by atoms with van der Waals surface area (Å²) >= 11 is 0. The van der Waals surface area contributed by atoms with Crippen LogP contribution in [-0.2, 0) is 17.6 Å². The second-order valence-electron chi connectivity index (χ2n) is 4.53. The maximum Gasteiger partial charge on any atom is 0.130 e. The topological polar surface area (TPSA) is 61.0 Å². The maximum absolute atomic E-state index is 5.72. The number of hydrogen-bond donors (Lipinski definition) is 1. The van der Waals surface area contributed by atoms with E-state index >= 15 is 0 Å². The molecule has 1 aliphatic rings. The lowest BCUT2D eigenvalue weighted by Gasteiger charge is -2.08. The first kappa shape index (κ1) is 11.5. The van der Waals surface area contributed by atoms with Gasteiger partial charge in [-0.2, -0.15) is 0 Å². The van der Waals surface area contributed by atoms with Crippen LogP contribution in [0.4, 0.5) is 0 Å². The first-order valence-corrected chi connectivity index (χ1v) is 5.91. The smallest absolute Gasteiger partial charge is 0.130 e. The summed E-state index contributed by atoms with van der Waals surface area (Å²) in [6.07, 6.45) is 8.03. The summed E-state index contributed by atoms with van der Waals surface area (Å²) in [5, 5.41) is 0. The molecular weight excluding hydrogens is 202 g/mol. The van der Waals surface area contributed by atoms with Gasteiger partial charge in [-0.25, -0.2) is 9.97 Å². The molecule has 0 amide bonds. The van der Waals surface area contributed by atoms with E-state index in [0.29, 0.717) is 6.10 Å². The number of aromatic nitrogens is 2. The molecule has 2 rings (SSSR count). The zero-order chi connectivity index (χ0) is 11.4. The van der Waals surface area contributed by atoms with E-state index in [1.165, 1.54) is 0 Å².